The molecular weight excluding hydrogens is 293 g/mol. The quantitative estimate of drug-likeness (QED) is 0.855. The Morgan fingerprint density at radius 2 is 1.57 bits per heavy atom. The molecule has 0 aliphatic carbocycles. The average Bonchev–Trinajstić information content (AvgIpc) is 2.31. The van der Waals surface area contributed by atoms with Crippen LogP contribution in [0.1, 0.15) is 16.7 Å². The van der Waals surface area contributed by atoms with Crippen molar-refractivity contribution in [2.45, 2.75) is 25.7 Å². The van der Waals surface area contributed by atoms with Crippen molar-refractivity contribution >= 4 is 15.7 Å². The van der Waals surface area contributed by atoms with E-state index in [2.05, 4.69) is 4.72 Å². The fourth-order valence-electron chi connectivity index (χ4n) is 2.25. The second-order valence-electron chi connectivity index (χ2n) is 4.98. The topological polar surface area (TPSA) is 66.4 Å². The van der Waals surface area contributed by atoms with Gasteiger partial charge in [-0.2, -0.15) is 0 Å². The number of nitrogens with one attached hydrogen (secondary N) is 1. The molecule has 0 radical (unpaired) electrons. The standard InChI is InChI=1S/C15H16FNO3S/c1-9-8-13(4-5-14(9)18)17-21(19,20)15-10(2)6-12(16)7-11(15)3/h4-8,17-18H,1-3H3. The number of aryl methyl sites for hydroxylation is 3. The minimum absolute atomic E-state index is 0.0645. The van der Waals surface area contributed by atoms with E-state index in [-0.39, 0.29) is 10.6 Å². The van der Waals surface area contributed by atoms with Gasteiger partial charge in [-0.15, -0.1) is 0 Å². The van der Waals surface area contributed by atoms with E-state index < -0.39 is 15.8 Å². The van der Waals surface area contributed by atoms with Gasteiger partial charge < -0.3 is 5.11 Å². The first-order chi connectivity index (χ1) is 9.70. The van der Waals surface area contributed by atoms with Gasteiger partial charge in [0.25, 0.3) is 10.0 Å². The summed E-state index contributed by atoms with van der Waals surface area (Å²) in [4.78, 5) is 0.0645. The van der Waals surface area contributed by atoms with Crippen molar-refractivity contribution in [2.24, 2.45) is 0 Å². The molecule has 2 N–H and O–H groups in total. The lowest BCUT2D eigenvalue weighted by Crippen LogP contribution is -2.16. The Hall–Kier alpha value is -2.08. The molecule has 0 aromatic heterocycles. The predicted molar refractivity (Wildman–Crippen MR) is 79.5 cm³/mol. The van der Waals surface area contributed by atoms with Gasteiger partial charge in [-0.1, -0.05) is 0 Å². The Kier molecular flexibility index (Phi) is 3.91. The smallest absolute Gasteiger partial charge is 0.262 e. The lowest BCUT2D eigenvalue weighted by molar-refractivity contribution is 0.471. The number of sulfonamides is 1. The first kappa shape index (κ1) is 15.3. The third-order valence-electron chi connectivity index (χ3n) is 3.14. The molecule has 0 saturated heterocycles. The molecule has 2 aromatic carbocycles. The van der Waals surface area contributed by atoms with E-state index in [0.29, 0.717) is 22.4 Å². The lowest BCUT2D eigenvalue weighted by Gasteiger charge is -2.13. The number of hydrogen-bond acceptors (Lipinski definition) is 3. The maximum Gasteiger partial charge on any atom is 0.262 e. The highest BCUT2D eigenvalue weighted by molar-refractivity contribution is 7.92. The number of anilines is 1. The van der Waals surface area contributed by atoms with Crippen LogP contribution in [0.5, 0.6) is 5.75 Å². The van der Waals surface area contributed by atoms with Crippen LogP contribution in [-0.2, 0) is 10.0 Å². The number of aromatic hydroxyl groups is 1. The Balaban J connectivity index is 2.46. The van der Waals surface area contributed by atoms with E-state index in [1.54, 1.807) is 20.8 Å². The van der Waals surface area contributed by atoms with E-state index in [4.69, 9.17) is 0 Å². The summed E-state index contributed by atoms with van der Waals surface area (Å²) in [5, 5.41) is 9.46. The maximum absolute atomic E-state index is 13.3. The lowest BCUT2D eigenvalue weighted by atomic mass is 10.1. The van der Waals surface area contributed by atoms with Crippen molar-refractivity contribution in [3.8, 4) is 5.75 Å². The van der Waals surface area contributed by atoms with Gasteiger partial charge >= 0.3 is 0 Å². The van der Waals surface area contributed by atoms with Crippen molar-refractivity contribution < 1.29 is 17.9 Å². The van der Waals surface area contributed by atoms with Crippen LogP contribution in [0.25, 0.3) is 0 Å². The van der Waals surface area contributed by atoms with Crippen molar-refractivity contribution in [3.05, 3.63) is 52.8 Å². The molecule has 0 spiro atoms. The number of benzene rings is 2. The van der Waals surface area contributed by atoms with E-state index in [9.17, 15) is 17.9 Å². The number of phenols is 1. The maximum atomic E-state index is 13.3. The zero-order valence-electron chi connectivity index (χ0n) is 11.9. The molecule has 0 aliphatic heterocycles. The van der Waals surface area contributed by atoms with Crippen molar-refractivity contribution in [2.75, 3.05) is 4.72 Å². The zero-order chi connectivity index (χ0) is 15.8. The molecule has 6 heteroatoms. The summed E-state index contributed by atoms with van der Waals surface area (Å²) in [5.41, 5.74) is 1.59. The molecule has 2 rings (SSSR count). The van der Waals surface area contributed by atoms with Gasteiger partial charge in [0, 0.05) is 5.69 Å². The largest absolute Gasteiger partial charge is 0.508 e. The van der Waals surface area contributed by atoms with E-state index in [1.165, 1.54) is 30.3 Å². The van der Waals surface area contributed by atoms with Gasteiger partial charge in [-0.05, 0) is 67.8 Å². The Morgan fingerprint density at radius 1 is 1.00 bits per heavy atom. The molecule has 0 atom stereocenters. The highest BCUT2D eigenvalue weighted by Crippen LogP contribution is 2.26. The molecule has 21 heavy (non-hydrogen) atoms. The van der Waals surface area contributed by atoms with Gasteiger partial charge in [0.05, 0.1) is 4.90 Å². The van der Waals surface area contributed by atoms with Crippen LogP contribution in [0.3, 0.4) is 0 Å². The minimum atomic E-state index is -3.82. The van der Waals surface area contributed by atoms with Crippen molar-refractivity contribution in [1.29, 1.82) is 0 Å². The summed E-state index contributed by atoms with van der Waals surface area (Å²) in [6, 6.07) is 6.78. The van der Waals surface area contributed by atoms with Crippen LogP contribution in [0.2, 0.25) is 0 Å². The summed E-state index contributed by atoms with van der Waals surface area (Å²) in [6.07, 6.45) is 0. The normalized spacial score (nSPS) is 11.4. The second kappa shape index (κ2) is 5.37. The Bertz CT molecular complexity index is 778. The highest BCUT2D eigenvalue weighted by Gasteiger charge is 2.20. The summed E-state index contributed by atoms with van der Waals surface area (Å²) in [6.45, 7) is 4.76. The van der Waals surface area contributed by atoms with E-state index >= 15 is 0 Å². The summed E-state index contributed by atoms with van der Waals surface area (Å²) < 4.78 is 40.6. The summed E-state index contributed by atoms with van der Waals surface area (Å²) >= 11 is 0. The first-order valence-corrected chi connectivity index (χ1v) is 7.78. The molecule has 112 valence electrons. The third kappa shape index (κ3) is 3.16. The van der Waals surface area contributed by atoms with Crippen LogP contribution in [0.4, 0.5) is 10.1 Å². The van der Waals surface area contributed by atoms with E-state index in [0.717, 1.165) is 0 Å². The monoisotopic (exact) mass is 309 g/mol. The van der Waals surface area contributed by atoms with Crippen LogP contribution >= 0.6 is 0 Å². The first-order valence-electron chi connectivity index (χ1n) is 6.30. The third-order valence-corrected chi connectivity index (χ3v) is 4.83. The van der Waals surface area contributed by atoms with Crippen LogP contribution in [0, 0.1) is 26.6 Å². The molecule has 0 saturated carbocycles. The molecule has 0 bridgehead atoms. The number of hydrogen-bond donors (Lipinski definition) is 2. The van der Waals surface area contributed by atoms with Gasteiger partial charge in [0.1, 0.15) is 11.6 Å². The Labute approximate surface area is 123 Å². The SMILES string of the molecule is Cc1cc(NS(=O)(=O)c2c(C)cc(F)cc2C)ccc1O. The van der Waals surface area contributed by atoms with Gasteiger partial charge in [-0.3, -0.25) is 4.72 Å². The summed E-state index contributed by atoms with van der Waals surface area (Å²) in [7, 11) is -3.82. The predicted octanol–water partition coefficient (Wildman–Crippen LogP) is 3.26. The van der Waals surface area contributed by atoms with Gasteiger partial charge in [-0.25, -0.2) is 12.8 Å². The molecule has 4 nitrogen and oxygen atoms in total. The molecular formula is C15H16FNO3S. The van der Waals surface area contributed by atoms with Crippen LogP contribution in [-0.4, -0.2) is 13.5 Å². The molecule has 0 heterocycles. The van der Waals surface area contributed by atoms with Crippen molar-refractivity contribution in [1.82, 2.24) is 0 Å². The molecule has 0 aliphatic rings. The average molecular weight is 309 g/mol. The van der Waals surface area contributed by atoms with Crippen LogP contribution < -0.4 is 4.72 Å². The fourth-order valence-corrected chi connectivity index (χ4v) is 3.75. The number of halogens is 1. The molecule has 0 unspecified atom stereocenters. The van der Waals surface area contributed by atoms with Gasteiger partial charge in [0.15, 0.2) is 0 Å². The highest BCUT2D eigenvalue weighted by atomic mass is 32.2. The summed E-state index contributed by atoms with van der Waals surface area (Å²) in [5.74, 6) is -0.378. The second-order valence-corrected chi connectivity index (χ2v) is 6.59. The van der Waals surface area contributed by atoms with Crippen molar-refractivity contribution in [3.63, 3.8) is 0 Å². The minimum Gasteiger partial charge on any atom is -0.508 e. The Morgan fingerprint density at radius 3 is 2.10 bits per heavy atom. The van der Waals surface area contributed by atoms with E-state index in [1.807, 2.05) is 0 Å². The molecule has 0 amide bonds. The molecule has 0 fully saturated rings. The van der Waals surface area contributed by atoms with Gasteiger partial charge in [0.2, 0.25) is 0 Å². The zero-order valence-corrected chi connectivity index (χ0v) is 12.8. The number of phenolic OH excluding ortho intramolecular Hbond substituents is 1. The molecule has 2 aromatic rings. The van der Waals surface area contributed by atoms with Crippen LogP contribution in [0.15, 0.2) is 35.2 Å². The number of rotatable bonds is 3. The fraction of sp³-hybridized carbons (Fsp3) is 0.200.